The number of piperidine rings is 1. The van der Waals surface area contributed by atoms with Gasteiger partial charge in [0.15, 0.2) is 0 Å². The first kappa shape index (κ1) is 25.6. The molecule has 8 N–H and O–H groups in total. The van der Waals surface area contributed by atoms with Crippen LogP contribution in [0.25, 0.3) is 0 Å². The molecule has 3 heterocycles. The predicted octanol–water partition coefficient (Wildman–Crippen LogP) is 0.298. The third-order valence-corrected chi connectivity index (χ3v) is 9.07. The van der Waals surface area contributed by atoms with E-state index in [4.69, 9.17) is 23.1 Å². The van der Waals surface area contributed by atoms with Crippen LogP contribution in [0.2, 0.25) is 0 Å². The van der Waals surface area contributed by atoms with Crippen LogP contribution in [0.1, 0.15) is 57.8 Å². The molecule has 5 unspecified atom stereocenters. The van der Waals surface area contributed by atoms with Gasteiger partial charge in [-0.05, 0) is 50.5 Å². The van der Waals surface area contributed by atoms with Gasteiger partial charge in [-0.25, -0.2) is 0 Å². The number of carbonyl (C=O) groups is 1. The molecule has 0 aromatic carbocycles. The fourth-order valence-electron chi connectivity index (χ4n) is 6.84. The van der Waals surface area contributed by atoms with E-state index in [-0.39, 0.29) is 28.8 Å². The van der Waals surface area contributed by atoms with Gasteiger partial charge >= 0.3 is 0 Å². The number of hydrogen-bond acceptors (Lipinski definition) is 7. The molecular weight excluding hydrogens is 438 g/mol. The summed E-state index contributed by atoms with van der Waals surface area (Å²) in [6.45, 7) is 6.56. The Morgan fingerprint density at radius 1 is 1.00 bits per heavy atom. The van der Waals surface area contributed by atoms with Crippen LogP contribution in [0.5, 0.6) is 0 Å². The number of halogens is 1. The van der Waals surface area contributed by atoms with E-state index in [1.807, 2.05) is 0 Å². The van der Waals surface area contributed by atoms with Gasteiger partial charge in [0.25, 0.3) is 0 Å². The second-order valence-electron chi connectivity index (χ2n) is 11.0. The molecule has 0 aromatic heterocycles. The minimum atomic E-state index is -0.703. The third kappa shape index (κ3) is 6.60. The summed E-state index contributed by atoms with van der Waals surface area (Å²) >= 11 is 6.64. The van der Waals surface area contributed by atoms with Crippen molar-refractivity contribution in [2.45, 2.75) is 87.5 Å². The fraction of sp³-hybridized carbons (Fsp3) is 0.958. The van der Waals surface area contributed by atoms with Crippen molar-refractivity contribution in [1.29, 1.82) is 0 Å². The first-order valence-electron chi connectivity index (χ1n) is 13.3. The third-order valence-electron chi connectivity index (χ3n) is 8.70. The van der Waals surface area contributed by atoms with E-state index >= 15 is 0 Å². The summed E-state index contributed by atoms with van der Waals surface area (Å²) in [7, 11) is 0. The van der Waals surface area contributed by atoms with Gasteiger partial charge in [-0.1, -0.05) is 19.3 Å². The van der Waals surface area contributed by atoms with E-state index in [1.165, 1.54) is 32.1 Å². The van der Waals surface area contributed by atoms with Crippen LogP contribution in [-0.4, -0.2) is 86.3 Å². The first-order valence-corrected chi connectivity index (χ1v) is 13.8. The van der Waals surface area contributed by atoms with Crippen LogP contribution in [0.4, 0.5) is 0 Å². The molecule has 33 heavy (non-hydrogen) atoms. The average Bonchev–Trinajstić information content (AvgIpc) is 2.82. The van der Waals surface area contributed by atoms with Crippen molar-refractivity contribution in [3.63, 3.8) is 0 Å². The molecule has 5 atom stereocenters. The van der Waals surface area contributed by atoms with Gasteiger partial charge in [0.2, 0.25) is 5.91 Å². The quantitative estimate of drug-likeness (QED) is 0.246. The number of rotatable bonds is 5. The Labute approximate surface area is 204 Å². The normalized spacial score (nSPS) is 35.0. The van der Waals surface area contributed by atoms with Gasteiger partial charge < -0.3 is 32.7 Å². The van der Waals surface area contributed by atoms with Gasteiger partial charge in [-0.2, -0.15) is 0 Å². The number of hydrogen-bond donors (Lipinski definition) is 6. The van der Waals surface area contributed by atoms with E-state index in [2.05, 4.69) is 26.2 Å². The largest absolute Gasteiger partial charge is 0.350 e. The van der Waals surface area contributed by atoms with Crippen LogP contribution < -0.4 is 32.7 Å². The molecule has 1 spiro atoms. The number of carbonyl (C=O) groups excluding carboxylic acids is 1. The number of nitrogens with two attached hydrogens (primary N) is 2. The SMILES string of the molecule is NC(N)C(C(=O)NC1CNCCC1N1CCNCC1)C1CC2(CCCCC2)CCC(Cl)CN1. The van der Waals surface area contributed by atoms with E-state index < -0.39 is 12.1 Å². The molecule has 0 aromatic rings. The Balaban J connectivity index is 1.47. The Morgan fingerprint density at radius 2 is 1.76 bits per heavy atom. The standard InChI is InChI=1S/C24H46ClN7O/c25-17-4-8-24(6-2-1-3-7-24)14-18(30-15-17)21(22(26)27)23(33)31-19-16-29-9-5-20(19)32-12-10-28-11-13-32/h17-22,28-30H,1-16,26-27H2,(H,31,33). The van der Waals surface area contributed by atoms with Crippen LogP contribution in [0.15, 0.2) is 0 Å². The predicted molar refractivity (Wildman–Crippen MR) is 134 cm³/mol. The van der Waals surface area contributed by atoms with Crippen molar-refractivity contribution < 1.29 is 4.79 Å². The van der Waals surface area contributed by atoms with Gasteiger partial charge in [-0.15, -0.1) is 11.6 Å². The Kier molecular flexibility index (Phi) is 9.29. The molecule has 3 aliphatic heterocycles. The highest BCUT2D eigenvalue weighted by atomic mass is 35.5. The summed E-state index contributed by atoms with van der Waals surface area (Å²) in [4.78, 5) is 16.3. The molecule has 0 radical (unpaired) electrons. The molecule has 4 rings (SSSR count). The zero-order valence-corrected chi connectivity index (χ0v) is 20.9. The molecule has 1 saturated carbocycles. The molecule has 0 bridgehead atoms. The maximum Gasteiger partial charge on any atom is 0.227 e. The summed E-state index contributed by atoms with van der Waals surface area (Å²) < 4.78 is 0. The minimum Gasteiger partial charge on any atom is -0.350 e. The Morgan fingerprint density at radius 3 is 2.48 bits per heavy atom. The van der Waals surface area contributed by atoms with Gasteiger partial charge in [0.05, 0.1) is 18.1 Å². The van der Waals surface area contributed by atoms with Gasteiger partial charge in [-0.3, -0.25) is 9.69 Å². The minimum absolute atomic E-state index is 0.00557. The molecule has 9 heteroatoms. The maximum absolute atomic E-state index is 13.7. The van der Waals surface area contributed by atoms with E-state index in [0.29, 0.717) is 12.6 Å². The highest BCUT2D eigenvalue weighted by Crippen LogP contribution is 2.46. The number of alkyl halides is 1. The highest BCUT2D eigenvalue weighted by molar-refractivity contribution is 6.20. The Bertz CT molecular complexity index is 624. The number of amides is 1. The molecular formula is C24H46ClN7O. The lowest BCUT2D eigenvalue weighted by molar-refractivity contribution is -0.128. The van der Waals surface area contributed by atoms with Gasteiger partial charge in [0.1, 0.15) is 0 Å². The molecule has 1 aliphatic carbocycles. The first-order chi connectivity index (χ1) is 16.0. The lowest BCUT2D eigenvalue weighted by Crippen LogP contribution is -2.65. The van der Waals surface area contributed by atoms with Gasteiger partial charge in [0, 0.05) is 56.7 Å². The number of nitrogens with one attached hydrogen (secondary N) is 4. The lowest BCUT2D eigenvalue weighted by Gasteiger charge is -2.45. The highest BCUT2D eigenvalue weighted by Gasteiger charge is 2.43. The summed E-state index contributed by atoms with van der Waals surface area (Å²) in [5, 5.41) is 14.0. The van der Waals surface area contributed by atoms with Crippen LogP contribution in [-0.2, 0) is 4.79 Å². The lowest BCUT2D eigenvalue weighted by atomic mass is 9.65. The second kappa shape index (κ2) is 12.0. The van der Waals surface area contributed by atoms with Crippen molar-refractivity contribution >= 4 is 17.5 Å². The summed E-state index contributed by atoms with van der Waals surface area (Å²) in [6, 6.07) is 0.386. The maximum atomic E-state index is 13.7. The summed E-state index contributed by atoms with van der Waals surface area (Å²) in [6.07, 6.45) is 9.78. The van der Waals surface area contributed by atoms with Crippen molar-refractivity contribution in [2.24, 2.45) is 22.8 Å². The molecule has 3 saturated heterocycles. The van der Waals surface area contributed by atoms with Crippen LogP contribution in [0.3, 0.4) is 0 Å². The van der Waals surface area contributed by atoms with Crippen LogP contribution in [0, 0.1) is 11.3 Å². The average molecular weight is 484 g/mol. The van der Waals surface area contributed by atoms with Crippen molar-refractivity contribution in [3.8, 4) is 0 Å². The van der Waals surface area contributed by atoms with E-state index in [1.54, 1.807) is 0 Å². The molecule has 8 nitrogen and oxygen atoms in total. The molecule has 4 aliphatic rings. The monoisotopic (exact) mass is 483 g/mol. The van der Waals surface area contributed by atoms with E-state index in [9.17, 15) is 4.79 Å². The van der Waals surface area contributed by atoms with Crippen molar-refractivity contribution in [3.05, 3.63) is 0 Å². The molecule has 1 amide bonds. The number of piperazine rings is 1. The van der Waals surface area contributed by atoms with Crippen molar-refractivity contribution in [2.75, 3.05) is 45.8 Å². The van der Waals surface area contributed by atoms with Crippen LogP contribution >= 0.6 is 11.6 Å². The summed E-state index contributed by atoms with van der Waals surface area (Å²) in [5.41, 5.74) is 12.9. The zero-order valence-electron chi connectivity index (χ0n) is 20.2. The van der Waals surface area contributed by atoms with E-state index in [0.717, 1.165) is 65.0 Å². The molecule has 190 valence electrons. The smallest absolute Gasteiger partial charge is 0.227 e. The molecule has 4 fully saturated rings. The van der Waals surface area contributed by atoms with Crippen molar-refractivity contribution in [1.82, 2.24) is 26.2 Å². The fourth-order valence-corrected chi connectivity index (χ4v) is 7.04. The second-order valence-corrected chi connectivity index (χ2v) is 11.6. The zero-order chi connectivity index (χ0) is 23.3. The summed E-state index contributed by atoms with van der Waals surface area (Å²) in [5.74, 6) is -0.467. The number of nitrogens with zero attached hydrogens (tertiary/aromatic N) is 1. The Hall–Kier alpha value is -0.480. The topological polar surface area (TPSA) is 120 Å².